The van der Waals surface area contributed by atoms with Gasteiger partial charge in [0.15, 0.2) is 9.84 Å². The Hall–Kier alpha value is -1.12. The molecule has 112 valence electrons. The van der Waals surface area contributed by atoms with Gasteiger partial charge < -0.3 is 10.3 Å². The summed E-state index contributed by atoms with van der Waals surface area (Å²) in [5.74, 6) is 1.93. The number of fused-ring (bicyclic) bond motifs is 1. The summed E-state index contributed by atoms with van der Waals surface area (Å²) < 4.78 is 23.4. The van der Waals surface area contributed by atoms with Crippen LogP contribution in [0.2, 0.25) is 0 Å². The van der Waals surface area contributed by atoms with Crippen LogP contribution in [0.3, 0.4) is 0 Å². The predicted molar refractivity (Wildman–Crippen MR) is 90.2 cm³/mol. The maximum Gasteiger partial charge on any atom is 0.152 e. The third-order valence-electron chi connectivity index (χ3n) is 3.33. The minimum Gasteiger partial charge on any atom is -0.367 e. The van der Waals surface area contributed by atoms with Gasteiger partial charge in [0.05, 0.1) is 28.3 Å². The van der Waals surface area contributed by atoms with Crippen LogP contribution < -0.4 is 5.32 Å². The summed E-state index contributed by atoms with van der Waals surface area (Å²) in [6.45, 7) is 0. The molecule has 0 aliphatic carbocycles. The molecule has 1 aliphatic rings. The Bertz CT molecular complexity index is 737. The molecule has 1 fully saturated rings. The number of aromatic amines is 1. The van der Waals surface area contributed by atoms with Gasteiger partial charge in [-0.15, -0.1) is 0 Å². The van der Waals surface area contributed by atoms with E-state index in [-0.39, 0.29) is 17.5 Å². The third-order valence-corrected chi connectivity index (χ3v) is 6.37. The molecule has 0 radical (unpaired) electrons. The van der Waals surface area contributed by atoms with Crippen LogP contribution in [0, 0.1) is 0 Å². The summed E-state index contributed by atoms with van der Waals surface area (Å²) in [6, 6.07) is 7.80. The van der Waals surface area contributed by atoms with E-state index in [1.807, 2.05) is 24.3 Å². The van der Waals surface area contributed by atoms with Gasteiger partial charge in [-0.2, -0.15) is 0 Å². The van der Waals surface area contributed by atoms with E-state index in [9.17, 15) is 8.42 Å². The highest BCUT2D eigenvalue weighted by Crippen LogP contribution is 2.17. The molecule has 1 atom stereocenters. The number of aromatic nitrogens is 2. The molecule has 0 bridgehead atoms. The van der Waals surface area contributed by atoms with E-state index in [0.29, 0.717) is 16.5 Å². The van der Waals surface area contributed by atoms with Crippen LogP contribution in [0.1, 0.15) is 12.2 Å². The summed E-state index contributed by atoms with van der Waals surface area (Å²) in [6.07, 6.45) is 0.633. The Labute approximate surface area is 132 Å². The fourth-order valence-electron chi connectivity index (χ4n) is 2.33. The quantitative estimate of drug-likeness (QED) is 0.830. The zero-order chi connectivity index (χ0) is 14.9. The number of sulfone groups is 1. The molecule has 21 heavy (non-hydrogen) atoms. The van der Waals surface area contributed by atoms with Gasteiger partial charge in [0.25, 0.3) is 0 Å². The second-order valence-electron chi connectivity index (χ2n) is 5.02. The molecule has 0 spiro atoms. The molecule has 2 N–H and O–H groups in total. The molecule has 0 saturated carbocycles. The second kappa shape index (κ2) is 5.94. The first-order valence-electron chi connectivity index (χ1n) is 6.59. The maximum atomic E-state index is 11.4. The van der Waals surface area contributed by atoms with Crippen molar-refractivity contribution in [2.24, 2.45) is 0 Å². The van der Waals surface area contributed by atoms with Gasteiger partial charge in [-0.3, -0.25) is 0 Å². The molecule has 2 aromatic rings. The number of benzene rings is 1. The second-order valence-corrected chi connectivity index (χ2v) is 8.90. The lowest BCUT2D eigenvalue weighted by Crippen LogP contribution is -2.32. The number of imidazole rings is 1. The summed E-state index contributed by atoms with van der Waals surface area (Å²) in [5.41, 5.74) is 1.95. The van der Waals surface area contributed by atoms with Gasteiger partial charge in [-0.1, -0.05) is 36.1 Å². The number of thioether (sulfide) groups is 1. The molecule has 1 aliphatic heterocycles. The lowest BCUT2D eigenvalue weighted by molar-refractivity contribution is 0.600. The molecule has 8 heteroatoms. The van der Waals surface area contributed by atoms with Crippen molar-refractivity contribution in [3.05, 3.63) is 30.1 Å². The molecule has 1 saturated heterocycles. The molecule has 0 amide bonds. The summed E-state index contributed by atoms with van der Waals surface area (Å²) in [5, 5.41) is 3.11. The van der Waals surface area contributed by atoms with Crippen LogP contribution >= 0.6 is 24.0 Å². The highest BCUT2D eigenvalue weighted by Gasteiger charge is 2.28. The number of hydrogen-bond acceptors (Lipinski definition) is 5. The Kier molecular flexibility index (Phi) is 4.19. The van der Waals surface area contributed by atoms with Crippen LogP contribution in [0.4, 0.5) is 0 Å². The first-order chi connectivity index (χ1) is 10.0. The highest BCUT2D eigenvalue weighted by molar-refractivity contribution is 8.22. The Balaban J connectivity index is 1.54. The van der Waals surface area contributed by atoms with Crippen LogP contribution in [-0.2, 0) is 15.6 Å². The van der Waals surface area contributed by atoms with Gasteiger partial charge >= 0.3 is 0 Å². The van der Waals surface area contributed by atoms with Gasteiger partial charge in [0.1, 0.15) is 10.1 Å². The normalized spacial score (nSPS) is 20.7. The standard InChI is InChI=1S/C13H15N3O2S3/c17-21(18)6-5-9(8-21)14-13(19)20-7-12-15-10-3-1-2-4-11(10)16-12/h1-4,9H,5-8H2,(H,14,19)(H,15,16). The molecule has 2 heterocycles. The molecule has 5 nitrogen and oxygen atoms in total. The van der Waals surface area contributed by atoms with Crippen molar-refractivity contribution in [3.63, 3.8) is 0 Å². The zero-order valence-electron chi connectivity index (χ0n) is 11.2. The minimum absolute atomic E-state index is 0.0503. The van der Waals surface area contributed by atoms with Crippen molar-refractivity contribution in [1.29, 1.82) is 0 Å². The third kappa shape index (κ3) is 3.75. The smallest absolute Gasteiger partial charge is 0.152 e. The van der Waals surface area contributed by atoms with E-state index in [1.54, 1.807) is 0 Å². The van der Waals surface area contributed by atoms with Crippen molar-refractivity contribution in [2.75, 3.05) is 11.5 Å². The predicted octanol–water partition coefficient (Wildman–Crippen LogP) is 1.86. The molecule has 1 unspecified atom stereocenters. The SMILES string of the molecule is O=S1(=O)CCC(NC(=S)SCc2nc3ccccc3[nH]2)C1. The monoisotopic (exact) mass is 341 g/mol. The van der Waals surface area contributed by atoms with Crippen molar-refractivity contribution in [1.82, 2.24) is 15.3 Å². The molecule has 3 rings (SSSR count). The number of nitrogens with one attached hydrogen (secondary N) is 2. The van der Waals surface area contributed by atoms with Crippen LogP contribution in [-0.4, -0.2) is 40.3 Å². The average Bonchev–Trinajstić information content (AvgIpc) is 2.99. The first kappa shape index (κ1) is 14.8. The summed E-state index contributed by atoms with van der Waals surface area (Å²) in [4.78, 5) is 7.72. The average molecular weight is 341 g/mol. The number of H-pyrrole nitrogens is 1. The molecule has 1 aromatic carbocycles. The lowest BCUT2D eigenvalue weighted by atomic mass is 10.3. The maximum absolute atomic E-state index is 11.4. The van der Waals surface area contributed by atoms with Gasteiger partial charge in [0.2, 0.25) is 0 Å². The van der Waals surface area contributed by atoms with Crippen molar-refractivity contribution in [2.45, 2.75) is 18.2 Å². The molecular weight excluding hydrogens is 326 g/mol. The number of thiocarbonyl (C=S) groups is 1. The van der Waals surface area contributed by atoms with Crippen LogP contribution in [0.5, 0.6) is 0 Å². The number of nitrogens with zero attached hydrogens (tertiary/aromatic N) is 1. The van der Waals surface area contributed by atoms with E-state index < -0.39 is 9.84 Å². The van der Waals surface area contributed by atoms with E-state index >= 15 is 0 Å². The Morgan fingerprint density at radius 3 is 3.00 bits per heavy atom. The van der Waals surface area contributed by atoms with Crippen molar-refractivity contribution >= 4 is 49.2 Å². The Morgan fingerprint density at radius 1 is 1.48 bits per heavy atom. The Morgan fingerprint density at radius 2 is 2.29 bits per heavy atom. The van der Waals surface area contributed by atoms with Gasteiger partial charge in [-0.05, 0) is 18.6 Å². The van der Waals surface area contributed by atoms with Crippen molar-refractivity contribution < 1.29 is 8.42 Å². The number of rotatable bonds is 3. The highest BCUT2D eigenvalue weighted by atomic mass is 32.2. The summed E-state index contributed by atoms with van der Waals surface area (Å²) >= 11 is 6.72. The van der Waals surface area contributed by atoms with E-state index in [1.165, 1.54) is 11.8 Å². The van der Waals surface area contributed by atoms with Crippen LogP contribution in [0.25, 0.3) is 11.0 Å². The van der Waals surface area contributed by atoms with Crippen molar-refractivity contribution in [3.8, 4) is 0 Å². The van der Waals surface area contributed by atoms with Crippen LogP contribution in [0.15, 0.2) is 24.3 Å². The largest absolute Gasteiger partial charge is 0.367 e. The number of hydrogen-bond donors (Lipinski definition) is 2. The zero-order valence-corrected chi connectivity index (χ0v) is 13.7. The fourth-order valence-corrected chi connectivity index (χ4v) is 5.00. The fraction of sp³-hybridized carbons (Fsp3) is 0.385. The minimum atomic E-state index is -2.88. The molecular formula is C13H15N3O2S3. The van der Waals surface area contributed by atoms with E-state index in [0.717, 1.165) is 16.9 Å². The molecule has 1 aromatic heterocycles. The first-order valence-corrected chi connectivity index (χ1v) is 9.81. The van der Waals surface area contributed by atoms with E-state index in [2.05, 4.69) is 15.3 Å². The van der Waals surface area contributed by atoms with E-state index in [4.69, 9.17) is 12.2 Å². The lowest BCUT2D eigenvalue weighted by Gasteiger charge is -2.12. The van der Waals surface area contributed by atoms with Gasteiger partial charge in [-0.25, -0.2) is 13.4 Å². The number of para-hydroxylation sites is 2. The summed E-state index contributed by atoms with van der Waals surface area (Å²) in [7, 11) is -2.88. The topological polar surface area (TPSA) is 74.8 Å². The van der Waals surface area contributed by atoms with Gasteiger partial charge in [0, 0.05) is 6.04 Å².